The molecule has 3 heteroatoms. The molecule has 0 fully saturated rings. The Morgan fingerprint density at radius 3 is 0.657 bits per heavy atom. The molecule has 0 bridgehead atoms. The van der Waals surface area contributed by atoms with Crippen LogP contribution in [0.2, 0.25) is 19.1 Å². The molecule has 0 aliphatic heterocycles. The van der Waals surface area contributed by atoms with Crippen LogP contribution in [0.15, 0.2) is 0 Å². The first-order valence-corrected chi connectivity index (χ1v) is 21.1. The Balaban J connectivity index is 3.03. The Hall–Kier alpha value is 0.797. The van der Waals surface area contributed by atoms with E-state index in [0.717, 1.165) is 5.88 Å². The van der Waals surface area contributed by atoms with Gasteiger partial charge in [-0.15, -0.1) is 11.6 Å². The highest BCUT2D eigenvalue weighted by atomic mass is 35.6. The monoisotopic (exact) mass is 548 g/mol. The van der Waals surface area contributed by atoms with E-state index in [9.17, 15) is 0 Å². The Morgan fingerprint density at radius 1 is 0.314 bits per heavy atom. The lowest BCUT2D eigenvalue weighted by Crippen LogP contribution is -2.14. The van der Waals surface area contributed by atoms with E-state index in [0.29, 0.717) is 0 Å². The van der Waals surface area contributed by atoms with Crippen molar-refractivity contribution in [3.63, 3.8) is 0 Å². The number of halogens is 2. The Bertz CT molecular complexity index is 380. The first-order valence-electron chi connectivity index (χ1n) is 16.3. The van der Waals surface area contributed by atoms with Gasteiger partial charge in [0.05, 0.1) is 0 Å². The van der Waals surface area contributed by atoms with Crippen molar-refractivity contribution in [1.82, 2.24) is 0 Å². The summed E-state index contributed by atoms with van der Waals surface area (Å²) in [4.78, 5) is 0. The molecule has 0 unspecified atom stereocenters. The molecule has 0 aromatic carbocycles. The molecule has 0 radical (unpaired) electrons. The summed E-state index contributed by atoms with van der Waals surface area (Å²) in [6, 6.07) is 1.30. The van der Waals surface area contributed by atoms with Gasteiger partial charge >= 0.3 is 0 Å². The fourth-order valence-electron chi connectivity index (χ4n) is 5.24. The molecule has 0 aromatic heterocycles. The predicted molar refractivity (Wildman–Crippen MR) is 168 cm³/mol. The molecule has 0 aliphatic carbocycles. The minimum Gasteiger partial charge on any atom is -0.168 e. The Morgan fingerprint density at radius 2 is 0.486 bits per heavy atom. The highest BCUT2D eigenvalue weighted by molar-refractivity contribution is 7.19. The molecular formula is C32H66Cl2Si. The van der Waals surface area contributed by atoms with Gasteiger partial charge in [0.15, 0.2) is 0 Å². The van der Waals surface area contributed by atoms with Crippen molar-refractivity contribution in [1.29, 1.82) is 0 Å². The summed E-state index contributed by atoms with van der Waals surface area (Å²) in [5.41, 5.74) is 0. The average Bonchev–Trinajstić information content (AvgIpc) is 2.82. The first kappa shape index (κ1) is 35.8. The van der Waals surface area contributed by atoms with Gasteiger partial charge in [-0.2, -0.15) is 11.1 Å². The molecule has 0 saturated heterocycles. The number of hydrogen-bond donors (Lipinski definition) is 0. The van der Waals surface area contributed by atoms with Gasteiger partial charge in [-0.05, 0) is 12.5 Å². The normalized spacial score (nSPS) is 12.0. The molecule has 0 aliphatic rings. The van der Waals surface area contributed by atoms with Crippen LogP contribution in [-0.4, -0.2) is 13.3 Å². The van der Waals surface area contributed by atoms with E-state index in [4.69, 9.17) is 22.7 Å². The van der Waals surface area contributed by atoms with Gasteiger partial charge < -0.3 is 0 Å². The lowest BCUT2D eigenvalue weighted by atomic mass is 10.0. The molecule has 212 valence electrons. The van der Waals surface area contributed by atoms with Crippen LogP contribution in [-0.2, 0) is 0 Å². The Labute approximate surface area is 234 Å². The van der Waals surface area contributed by atoms with Gasteiger partial charge in [-0.1, -0.05) is 186 Å². The molecule has 0 atom stereocenters. The van der Waals surface area contributed by atoms with Crippen molar-refractivity contribution in [2.45, 2.75) is 199 Å². The van der Waals surface area contributed by atoms with Crippen molar-refractivity contribution >= 4 is 30.1 Å². The summed E-state index contributed by atoms with van der Waals surface area (Å²) in [6.07, 6.45) is 40.4. The van der Waals surface area contributed by atoms with Crippen LogP contribution < -0.4 is 0 Å². The summed E-state index contributed by atoms with van der Waals surface area (Å²) in [5, 5.41) is 0. The van der Waals surface area contributed by atoms with Gasteiger partial charge in [-0.3, -0.25) is 0 Å². The van der Waals surface area contributed by atoms with Crippen LogP contribution in [0.5, 0.6) is 0 Å². The summed E-state index contributed by atoms with van der Waals surface area (Å²) in [5.74, 6) is 0.845. The maximum Gasteiger partial charge on any atom is 0.150 e. The van der Waals surface area contributed by atoms with E-state index >= 15 is 0 Å². The van der Waals surface area contributed by atoms with E-state index in [1.54, 1.807) is 0 Å². The predicted octanol–water partition coefficient (Wildman–Crippen LogP) is 13.6. The van der Waals surface area contributed by atoms with Gasteiger partial charge in [0.25, 0.3) is 0 Å². The summed E-state index contributed by atoms with van der Waals surface area (Å²) in [7, 11) is -1.31. The number of alkyl halides is 1. The maximum absolute atomic E-state index is 6.39. The molecule has 35 heavy (non-hydrogen) atoms. The SMILES string of the molecule is C[Si](C)(Cl)CCCCCCCCCCCCCCCCCCCCCCCCCCCCCCCl. The topological polar surface area (TPSA) is 0 Å². The molecule has 0 saturated carbocycles. The van der Waals surface area contributed by atoms with Gasteiger partial charge in [-0.25, -0.2) is 0 Å². The largest absolute Gasteiger partial charge is 0.168 e. The second kappa shape index (κ2) is 29.4. The highest BCUT2D eigenvalue weighted by Crippen LogP contribution is 2.20. The van der Waals surface area contributed by atoms with E-state index in [1.165, 1.54) is 186 Å². The molecule has 0 amide bonds. The lowest BCUT2D eigenvalue weighted by molar-refractivity contribution is 0.514. The van der Waals surface area contributed by atoms with Crippen LogP contribution in [0.3, 0.4) is 0 Å². The van der Waals surface area contributed by atoms with Crippen molar-refractivity contribution in [2.75, 3.05) is 5.88 Å². The average molecular weight is 550 g/mol. The summed E-state index contributed by atoms with van der Waals surface area (Å²) in [6.45, 7) is 4.54. The maximum atomic E-state index is 6.39. The standard InChI is InChI=1S/C32H66Cl2Si/c1-35(2,34)32-30-28-26-24-22-20-18-16-14-12-10-8-6-4-3-5-7-9-11-13-15-17-19-21-23-25-27-29-31-33/h3-32H2,1-2H3. The van der Waals surface area contributed by atoms with Crippen LogP contribution in [0.25, 0.3) is 0 Å². The zero-order chi connectivity index (χ0) is 25.7. The van der Waals surface area contributed by atoms with E-state index in [1.807, 2.05) is 0 Å². The molecular weight excluding hydrogens is 483 g/mol. The molecule has 0 rings (SSSR count). The van der Waals surface area contributed by atoms with Crippen molar-refractivity contribution < 1.29 is 0 Å². The van der Waals surface area contributed by atoms with Crippen LogP contribution >= 0.6 is 22.7 Å². The van der Waals surface area contributed by atoms with Crippen molar-refractivity contribution in [2.24, 2.45) is 0 Å². The second-order valence-electron chi connectivity index (χ2n) is 12.1. The molecule has 0 spiro atoms. The molecule has 0 N–H and O–H groups in total. The summed E-state index contributed by atoms with van der Waals surface area (Å²) >= 11 is 12.1. The minimum absolute atomic E-state index is 0.845. The van der Waals surface area contributed by atoms with Gasteiger partial charge in [0, 0.05) is 5.88 Å². The van der Waals surface area contributed by atoms with E-state index in [-0.39, 0.29) is 0 Å². The van der Waals surface area contributed by atoms with E-state index in [2.05, 4.69) is 13.1 Å². The van der Waals surface area contributed by atoms with Crippen molar-refractivity contribution in [3.05, 3.63) is 0 Å². The third kappa shape index (κ3) is 34.8. The quantitative estimate of drug-likeness (QED) is 0.0362. The highest BCUT2D eigenvalue weighted by Gasteiger charge is 2.15. The van der Waals surface area contributed by atoms with Crippen LogP contribution in [0, 0.1) is 0 Å². The fraction of sp³-hybridized carbons (Fsp3) is 1.00. The van der Waals surface area contributed by atoms with Gasteiger partial charge in [0.1, 0.15) is 7.38 Å². The number of unbranched alkanes of at least 4 members (excludes halogenated alkanes) is 27. The summed E-state index contributed by atoms with van der Waals surface area (Å²) < 4.78 is 0. The van der Waals surface area contributed by atoms with E-state index < -0.39 is 7.38 Å². The minimum atomic E-state index is -1.31. The zero-order valence-electron chi connectivity index (χ0n) is 24.5. The van der Waals surface area contributed by atoms with Gasteiger partial charge in [0.2, 0.25) is 0 Å². The molecule has 0 heterocycles. The molecule has 0 aromatic rings. The first-order chi connectivity index (χ1) is 17.1. The fourth-order valence-corrected chi connectivity index (χ4v) is 6.92. The number of hydrogen-bond acceptors (Lipinski definition) is 0. The lowest BCUT2D eigenvalue weighted by Gasteiger charge is -2.11. The third-order valence-electron chi connectivity index (χ3n) is 7.65. The third-order valence-corrected chi connectivity index (χ3v) is 10.0. The zero-order valence-corrected chi connectivity index (χ0v) is 27.0. The second-order valence-corrected chi connectivity index (χ2v) is 19.4. The Kier molecular flexibility index (Phi) is 30.0. The van der Waals surface area contributed by atoms with Crippen molar-refractivity contribution in [3.8, 4) is 0 Å². The van der Waals surface area contributed by atoms with Crippen LogP contribution in [0.4, 0.5) is 0 Å². The smallest absolute Gasteiger partial charge is 0.150 e. The van der Waals surface area contributed by atoms with Crippen LogP contribution in [0.1, 0.15) is 180 Å². The number of rotatable bonds is 30. The molecule has 0 nitrogen and oxygen atoms in total.